The topological polar surface area (TPSA) is 94.7 Å². The van der Waals surface area contributed by atoms with Gasteiger partial charge in [-0.15, -0.1) is 0 Å². The van der Waals surface area contributed by atoms with Crippen molar-refractivity contribution in [2.24, 2.45) is 5.10 Å². The summed E-state index contributed by atoms with van der Waals surface area (Å²) in [7, 11) is 0. The normalized spacial score (nSPS) is 14.6. The standard InChI is InChI=1S/C17H15ClN2O4.K/c1-9-14-12(7-4-8-13(14)24-15(9)17(22)23)19-20-16(21)10-5-2-3-6-11(10)18;/h2-3,5-6H,4,7-8H2,1H3,(H,20,21)(H,22,23);/q;+1/p-1/b19-12+;. The number of halogens is 1. The Hall–Kier alpha value is -0.964. The number of aryl methyl sites for hydroxylation is 1. The van der Waals surface area contributed by atoms with E-state index in [0.717, 1.165) is 6.42 Å². The molecule has 3 rings (SSSR count). The second-order valence-corrected chi connectivity index (χ2v) is 5.88. The molecule has 25 heavy (non-hydrogen) atoms. The molecule has 1 amide bonds. The second kappa shape index (κ2) is 8.61. The van der Waals surface area contributed by atoms with Crippen LogP contribution in [0.4, 0.5) is 0 Å². The number of rotatable bonds is 3. The fourth-order valence-electron chi connectivity index (χ4n) is 2.80. The van der Waals surface area contributed by atoms with Crippen LogP contribution in [0.3, 0.4) is 0 Å². The van der Waals surface area contributed by atoms with E-state index in [1.165, 1.54) is 0 Å². The molecule has 0 saturated carbocycles. The van der Waals surface area contributed by atoms with Crippen molar-refractivity contribution in [1.29, 1.82) is 0 Å². The van der Waals surface area contributed by atoms with Gasteiger partial charge in [-0.25, -0.2) is 5.43 Å². The summed E-state index contributed by atoms with van der Waals surface area (Å²) in [5, 5.41) is 15.6. The summed E-state index contributed by atoms with van der Waals surface area (Å²) in [6.45, 7) is 1.64. The summed E-state index contributed by atoms with van der Waals surface area (Å²) in [6.07, 6.45) is 2.00. The zero-order valence-corrected chi connectivity index (χ0v) is 17.8. The van der Waals surface area contributed by atoms with E-state index < -0.39 is 11.9 Å². The maximum Gasteiger partial charge on any atom is 1.00 e. The van der Waals surface area contributed by atoms with E-state index in [9.17, 15) is 14.7 Å². The van der Waals surface area contributed by atoms with Crippen molar-refractivity contribution in [3.63, 3.8) is 0 Å². The molecule has 0 aliphatic heterocycles. The average Bonchev–Trinajstić information content (AvgIpc) is 2.91. The molecule has 0 spiro atoms. The van der Waals surface area contributed by atoms with E-state index in [1.807, 2.05) is 0 Å². The molecule has 0 radical (unpaired) electrons. The monoisotopic (exact) mass is 384 g/mol. The average molecular weight is 385 g/mol. The molecule has 2 aromatic rings. The third-order valence-electron chi connectivity index (χ3n) is 3.92. The molecular weight excluding hydrogens is 371 g/mol. The summed E-state index contributed by atoms with van der Waals surface area (Å²) in [6, 6.07) is 6.66. The molecule has 1 aromatic heterocycles. The van der Waals surface area contributed by atoms with Crippen molar-refractivity contribution in [2.45, 2.75) is 26.2 Å². The van der Waals surface area contributed by atoms with Crippen molar-refractivity contribution < 1.29 is 70.5 Å². The van der Waals surface area contributed by atoms with Gasteiger partial charge in [0, 0.05) is 17.5 Å². The molecule has 1 aliphatic rings. The Labute approximate surface area is 192 Å². The van der Waals surface area contributed by atoms with Crippen LogP contribution in [-0.2, 0) is 6.42 Å². The Balaban J connectivity index is 0.00000225. The van der Waals surface area contributed by atoms with E-state index in [0.29, 0.717) is 46.0 Å². The van der Waals surface area contributed by atoms with Gasteiger partial charge in [0.15, 0.2) is 5.76 Å². The summed E-state index contributed by atoms with van der Waals surface area (Å²) in [5.74, 6) is -1.42. The van der Waals surface area contributed by atoms with E-state index in [1.54, 1.807) is 31.2 Å². The number of carbonyl (C=O) groups excluding carboxylic acids is 2. The Morgan fingerprint density at radius 1 is 1.28 bits per heavy atom. The molecule has 0 bridgehead atoms. The Morgan fingerprint density at radius 3 is 2.68 bits per heavy atom. The van der Waals surface area contributed by atoms with Crippen LogP contribution in [0.1, 0.15) is 50.6 Å². The number of amides is 1. The van der Waals surface area contributed by atoms with Crippen LogP contribution in [-0.4, -0.2) is 17.6 Å². The number of carboxylic acid groups (broad SMARTS) is 1. The van der Waals surface area contributed by atoms with Crippen LogP contribution < -0.4 is 61.9 Å². The van der Waals surface area contributed by atoms with Gasteiger partial charge in [-0.05, 0) is 31.9 Å². The van der Waals surface area contributed by atoms with Crippen LogP contribution in [0.5, 0.6) is 0 Å². The van der Waals surface area contributed by atoms with Crippen LogP contribution in [0.2, 0.25) is 5.02 Å². The number of benzene rings is 1. The fourth-order valence-corrected chi connectivity index (χ4v) is 3.02. The molecule has 0 saturated heterocycles. The van der Waals surface area contributed by atoms with Crippen molar-refractivity contribution in [3.8, 4) is 0 Å². The number of carboxylic acids is 1. The van der Waals surface area contributed by atoms with Gasteiger partial charge in [0.2, 0.25) is 0 Å². The molecule has 0 atom stereocenters. The third-order valence-corrected chi connectivity index (χ3v) is 4.25. The maximum atomic E-state index is 12.2. The van der Waals surface area contributed by atoms with Crippen molar-refractivity contribution in [1.82, 2.24) is 5.43 Å². The number of aromatic carboxylic acids is 1. The number of carbonyl (C=O) groups is 2. The van der Waals surface area contributed by atoms with Gasteiger partial charge < -0.3 is 14.3 Å². The predicted octanol–water partition coefficient (Wildman–Crippen LogP) is -0.921. The molecule has 8 heteroatoms. The Morgan fingerprint density at radius 2 is 2.00 bits per heavy atom. The number of fused-ring (bicyclic) bond motifs is 1. The van der Waals surface area contributed by atoms with Crippen molar-refractivity contribution in [3.05, 3.63) is 57.5 Å². The van der Waals surface area contributed by atoms with Crippen LogP contribution in [0.15, 0.2) is 33.8 Å². The summed E-state index contributed by atoms with van der Waals surface area (Å²) >= 11 is 5.99. The zero-order valence-electron chi connectivity index (χ0n) is 13.9. The quantitative estimate of drug-likeness (QED) is 0.547. The predicted molar refractivity (Wildman–Crippen MR) is 86.2 cm³/mol. The first-order valence-electron chi connectivity index (χ1n) is 7.44. The van der Waals surface area contributed by atoms with E-state index in [-0.39, 0.29) is 57.1 Å². The molecule has 124 valence electrons. The number of nitrogens with zero attached hydrogens (tertiary/aromatic N) is 1. The first-order chi connectivity index (χ1) is 11.5. The zero-order chi connectivity index (χ0) is 17.3. The van der Waals surface area contributed by atoms with Gasteiger partial charge in [-0.1, -0.05) is 23.7 Å². The Kier molecular flexibility index (Phi) is 7.01. The Bertz CT molecular complexity index is 860. The molecular formula is C17H14ClKN2O4. The van der Waals surface area contributed by atoms with E-state index >= 15 is 0 Å². The summed E-state index contributed by atoms with van der Waals surface area (Å²) in [4.78, 5) is 23.3. The number of furan rings is 1. The molecule has 1 heterocycles. The fraction of sp³-hybridized carbons (Fsp3) is 0.235. The van der Waals surface area contributed by atoms with Gasteiger partial charge in [-0.2, -0.15) is 5.10 Å². The number of hydrogen-bond donors (Lipinski definition) is 1. The molecule has 1 aliphatic carbocycles. The molecule has 6 nitrogen and oxygen atoms in total. The van der Waals surface area contributed by atoms with Gasteiger partial charge in [0.1, 0.15) is 11.7 Å². The number of hydrazone groups is 1. The van der Waals surface area contributed by atoms with Crippen LogP contribution in [0, 0.1) is 6.92 Å². The number of nitrogens with one attached hydrogen (secondary N) is 1. The first kappa shape index (κ1) is 20.3. The maximum absolute atomic E-state index is 12.2. The second-order valence-electron chi connectivity index (χ2n) is 5.47. The molecule has 0 fully saturated rings. The van der Waals surface area contributed by atoms with Crippen molar-refractivity contribution >= 4 is 29.2 Å². The van der Waals surface area contributed by atoms with Gasteiger partial charge in [0.05, 0.1) is 16.3 Å². The minimum atomic E-state index is -1.36. The smallest absolute Gasteiger partial charge is 0.542 e. The molecule has 0 unspecified atom stereocenters. The minimum absolute atomic E-state index is 0. The SMILES string of the molecule is Cc1c(C(=O)[O-])oc2c1/C(=N/NC(=O)c1ccccc1Cl)CCC2.[K+]. The first-order valence-corrected chi connectivity index (χ1v) is 7.82. The summed E-state index contributed by atoms with van der Waals surface area (Å²) in [5.41, 5.74) is 4.49. The molecule has 1 N–H and O–H groups in total. The van der Waals surface area contributed by atoms with E-state index in [4.69, 9.17) is 16.0 Å². The van der Waals surface area contributed by atoms with Gasteiger partial charge in [-0.3, -0.25) is 4.79 Å². The van der Waals surface area contributed by atoms with Crippen LogP contribution in [0.25, 0.3) is 0 Å². The third kappa shape index (κ3) is 4.24. The van der Waals surface area contributed by atoms with Crippen LogP contribution >= 0.6 is 11.6 Å². The van der Waals surface area contributed by atoms with Gasteiger partial charge >= 0.3 is 51.4 Å². The molecule has 1 aromatic carbocycles. The summed E-state index contributed by atoms with van der Waals surface area (Å²) < 4.78 is 5.36. The minimum Gasteiger partial charge on any atom is -0.542 e. The van der Waals surface area contributed by atoms with E-state index in [2.05, 4.69) is 10.5 Å². The van der Waals surface area contributed by atoms with Crippen molar-refractivity contribution in [2.75, 3.05) is 0 Å². The largest absolute Gasteiger partial charge is 1.00 e. The number of hydrogen-bond acceptors (Lipinski definition) is 5. The van der Waals surface area contributed by atoms with Gasteiger partial charge in [0.25, 0.3) is 5.91 Å².